The number of nitrogens with one attached hydrogen (secondary N) is 2. The van der Waals surface area contributed by atoms with Crippen LogP contribution in [0.5, 0.6) is 0 Å². The lowest BCUT2D eigenvalue weighted by Crippen LogP contribution is -2.40. The van der Waals surface area contributed by atoms with Crippen molar-refractivity contribution >= 4 is 11.7 Å². The number of anilines is 1. The fourth-order valence-corrected chi connectivity index (χ4v) is 2.81. The second-order valence-electron chi connectivity index (χ2n) is 5.85. The Labute approximate surface area is 139 Å². The molecule has 1 amide bonds. The molecule has 0 saturated heterocycles. The third-order valence-electron chi connectivity index (χ3n) is 4.27. The molecule has 0 radical (unpaired) electrons. The Kier molecular flexibility index (Phi) is 4.28. The van der Waals surface area contributed by atoms with Crippen molar-refractivity contribution in [3.8, 4) is 0 Å². The third kappa shape index (κ3) is 2.86. The van der Waals surface area contributed by atoms with Gasteiger partial charge in [-0.05, 0) is 38.0 Å². The molecule has 8 nitrogen and oxygen atoms in total. The molecule has 2 aromatic heterocycles. The molecular formula is C16H20N6O2. The number of carbonyl (C=O) groups excluding carboxylic acids is 1. The molecule has 0 aliphatic carbocycles. The lowest BCUT2D eigenvalue weighted by Gasteiger charge is -2.28. The van der Waals surface area contributed by atoms with Crippen LogP contribution in [0.3, 0.4) is 0 Å². The number of H-pyrrole nitrogens is 1. The van der Waals surface area contributed by atoms with Gasteiger partial charge in [0.2, 0.25) is 0 Å². The first-order valence-electron chi connectivity index (χ1n) is 7.95. The first-order valence-corrected chi connectivity index (χ1v) is 7.95. The van der Waals surface area contributed by atoms with E-state index in [0.717, 1.165) is 17.8 Å². The Hall–Kier alpha value is -2.77. The van der Waals surface area contributed by atoms with Crippen LogP contribution in [0.25, 0.3) is 0 Å². The molecule has 0 atom stereocenters. The number of fused-ring (bicyclic) bond motifs is 1. The number of aromatic nitrogens is 4. The predicted octanol–water partition coefficient (Wildman–Crippen LogP) is 0.807. The van der Waals surface area contributed by atoms with Crippen LogP contribution in [0.4, 0.5) is 5.82 Å². The number of hydrogen-bond acceptors (Lipinski definition) is 6. The lowest BCUT2D eigenvalue weighted by atomic mass is 10.0. The molecule has 0 spiro atoms. The summed E-state index contributed by atoms with van der Waals surface area (Å²) in [7, 11) is 0. The second-order valence-corrected chi connectivity index (χ2v) is 5.85. The van der Waals surface area contributed by atoms with Crippen LogP contribution in [0.15, 0.2) is 10.9 Å². The molecule has 126 valence electrons. The van der Waals surface area contributed by atoms with Crippen molar-refractivity contribution in [2.75, 3.05) is 18.4 Å². The van der Waals surface area contributed by atoms with Crippen LogP contribution < -0.4 is 10.9 Å². The van der Waals surface area contributed by atoms with Crippen LogP contribution in [0.2, 0.25) is 0 Å². The molecule has 1 aliphatic rings. The van der Waals surface area contributed by atoms with E-state index in [1.165, 1.54) is 0 Å². The first-order chi connectivity index (χ1) is 11.5. The fraction of sp³-hybridized carbons (Fsp3) is 0.438. The summed E-state index contributed by atoms with van der Waals surface area (Å²) < 4.78 is 0. The Morgan fingerprint density at radius 1 is 1.38 bits per heavy atom. The van der Waals surface area contributed by atoms with E-state index in [9.17, 15) is 9.59 Å². The van der Waals surface area contributed by atoms with E-state index in [2.05, 4.69) is 25.7 Å². The maximum Gasteiger partial charge on any atom is 0.277 e. The smallest absolute Gasteiger partial charge is 0.277 e. The van der Waals surface area contributed by atoms with Gasteiger partial charge in [-0.3, -0.25) is 9.59 Å². The van der Waals surface area contributed by atoms with Gasteiger partial charge in [0.25, 0.3) is 11.5 Å². The van der Waals surface area contributed by atoms with Crippen molar-refractivity contribution < 1.29 is 4.79 Å². The summed E-state index contributed by atoms with van der Waals surface area (Å²) in [5.74, 6) is 0.422. The van der Waals surface area contributed by atoms with E-state index in [4.69, 9.17) is 0 Å². The summed E-state index contributed by atoms with van der Waals surface area (Å²) in [5.41, 5.74) is 2.85. The van der Waals surface area contributed by atoms with E-state index in [0.29, 0.717) is 36.6 Å². The number of nitrogens with zero attached hydrogens (tertiary/aromatic N) is 4. The van der Waals surface area contributed by atoms with Gasteiger partial charge in [-0.25, -0.2) is 5.10 Å². The first kappa shape index (κ1) is 16.1. The van der Waals surface area contributed by atoms with Crippen molar-refractivity contribution in [1.29, 1.82) is 0 Å². The van der Waals surface area contributed by atoms with Gasteiger partial charge in [-0.2, -0.15) is 10.2 Å². The Morgan fingerprint density at radius 2 is 2.17 bits per heavy atom. The van der Waals surface area contributed by atoms with Gasteiger partial charge in [0, 0.05) is 26.1 Å². The highest BCUT2D eigenvalue weighted by atomic mass is 16.2. The van der Waals surface area contributed by atoms with Crippen molar-refractivity contribution in [3.63, 3.8) is 0 Å². The molecule has 3 rings (SSSR count). The molecule has 0 saturated carbocycles. The Morgan fingerprint density at radius 3 is 2.92 bits per heavy atom. The van der Waals surface area contributed by atoms with E-state index in [1.54, 1.807) is 18.7 Å². The van der Waals surface area contributed by atoms with E-state index in [-0.39, 0.29) is 11.5 Å². The van der Waals surface area contributed by atoms with Crippen LogP contribution in [0.1, 0.15) is 39.8 Å². The van der Waals surface area contributed by atoms with Crippen LogP contribution in [-0.2, 0) is 13.0 Å². The number of carbonyl (C=O) groups is 1. The summed E-state index contributed by atoms with van der Waals surface area (Å²) in [5, 5.41) is 17.8. The molecule has 3 heterocycles. The van der Waals surface area contributed by atoms with Crippen molar-refractivity contribution in [1.82, 2.24) is 25.3 Å². The molecule has 2 N–H and O–H groups in total. The van der Waals surface area contributed by atoms with Gasteiger partial charge in [0.15, 0.2) is 0 Å². The van der Waals surface area contributed by atoms with Gasteiger partial charge in [0.05, 0.1) is 11.4 Å². The molecule has 0 aromatic carbocycles. The third-order valence-corrected chi connectivity index (χ3v) is 4.27. The zero-order chi connectivity index (χ0) is 17.3. The lowest BCUT2D eigenvalue weighted by molar-refractivity contribution is 0.0730. The minimum absolute atomic E-state index is 0.167. The molecular weight excluding hydrogens is 308 g/mol. The van der Waals surface area contributed by atoms with Crippen molar-refractivity contribution in [3.05, 3.63) is 44.5 Å². The summed E-state index contributed by atoms with van der Waals surface area (Å²) in [6, 6.07) is 1.92. The molecule has 2 aromatic rings. The largest absolute Gasteiger partial charge is 0.369 e. The van der Waals surface area contributed by atoms with Gasteiger partial charge < -0.3 is 10.2 Å². The van der Waals surface area contributed by atoms with Crippen LogP contribution >= 0.6 is 0 Å². The van der Waals surface area contributed by atoms with Gasteiger partial charge >= 0.3 is 0 Å². The minimum Gasteiger partial charge on any atom is -0.369 e. The number of amides is 1. The van der Waals surface area contributed by atoms with Gasteiger partial charge in [-0.1, -0.05) is 0 Å². The molecule has 0 bridgehead atoms. The Balaban J connectivity index is 1.90. The highest BCUT2D eigenvalue weighted by Crippen LogP contribution is 2.21. The highest BCUT2D eigenvalue weighted by molar-refractivity contribution is 5.95. The Bertz CT molecular complexity index is 845. The topological polar surface area (TPSA) is 104 Å². The normalized spacial score (nSPS) is 13.5. The number of hydrogen-bond donors (Lipinski definition) is 2. The molecule has 0 unspecified atom stereocenters. The quantitative estimate of drug-likeness (QED) is 0.864. The average molecular weight is 328 g/mol. The summed E-state index contributed by atoms with van der Waals surface area (Å²) in [6.45, 7) is 7.19. The molecule has 8 heteroatoms. The van der Waals surface area contributed by atoms with Gasteiger partial charge in [-0.15, -0.1) is 5.10 Å². The maximum atomic E-state index is 12.8. The van der Waals surface area contributed by atoms with E-state index in [1.807, 2.05) is 13.0 Å². The number of aromatic amines is 1. The van der Waals surface area contributed by atoms with Crippen molar-refractivity contribution in [2.45, 2.75) is 33.7 Å². The van der Waals surface area contributed by atoms with Gasteiger partial charge in [0.1, 0.15) is 11.4 Å². The predicted molar refractivity (Wildman–Crippen MR) is 89.0 cm³/mol. The SMILES string of the molecule is CCNc1cc2c(nn1)CCN(C(=O)c1c(C)c(C)n[nH]c1=O)C2. The summed E-state index contributed by atoms with van der Waals surface area (Å²) in [4.78, 5) is 26.6. The average Bonchev–Trinajstić information content (AvgIpc) is 2.58. The number of rotatable bonds is 3. The zero-order valence-electron chi connectivity index (χ0n) is 14.0. The van der Waals surface area contributed by atoms with Crippen molar-refractivity contribution in [2.24, 2.45) is 0 Å². The highest BCUT2D eigenvalue weighted by Gasteiger charge is 2.26. The fourth-order valence-electron chi connectivity index (χ4n) is 2.81. The minimum atomic E-state index is -0.449. The zero-order valence-corrected chi connectivity index (χ0v) is 14.0. The standard InChI is InChI=1S/C16H20N6O2/c1-4-17-13-7-11-8-22(6-5-12(11)19-20-13)16(24)14-9(2)10(3)18-21-15(14)23/h7H,4-6,8H2,1-3H3,(H,17,20)(H,21,23). The molecule has 0 fully saturated rings. The van der Waals surface area contributed by atoms with Crippen LogP contribution in [-0.4, -0.2) is 44.3 Å². The van der Waals surface area contributed by atoms with E-state index >= 15 is 0 Å². The van der Waals surface area contributed by atoms with E-state index < -0.39 is 5.56 Å². The summed E-state index contributed by atoms with van der Waals surface area (Å²) >= 11 is 0. The summed E-state index contributed by atoms with van der Waals surface area (Å²) in [6.07, 6.45) is 0.626. The molecule has 1 aliphatic heterocycles. The maximum absolute atomic E-state index is 12.8. The van der Waals surface area contributed by atoms with Crippen LogP contribution in [0, 0.1) is 13.8 Å². The number of aryl methyl sites for hydroxylation is 1. The monoisotopic (exact) mass is 328 g/mol. The second kappa shape index (κ2) is 6.38. The molecule has 24 heavy (non-hydrogen) atoms.